The van der Waals surface area contributed by atoms with Crippen LogP contribution in [0.25, 0.3) is 0 Å². The molecule has 2 saturated carbocycles. The topological polar surface area (TPSA) is 18.5 Å². The maximum Gasteiger partial charge on any atom is 0.146 e. The van der Waals surface area contributed by atoms with Crippen molar-refractivity contribution in [1.29, 1.82) is 0 Å². The van der Waals surface area contributed by atoms with Gasteiger partial charge in [0.1, 0.15) is 6.79 Å². The Balaban J connectivity index is 1.28. The molecule has 0 atom stereocenters. The van der Waals surface area contributed by atoms with E-state index in [2.05, 4.69) is 0 Å². The lowest BCUT2D eigenvalue weighted by molar-refractivity contribution is -0.0566. The highest BCUT2D eigenvalue weighted by molar-refractivity contribution is 4.72. The predicted molar refractivity (Wildman–Crippen MR) is 51.5 cm³/mol. The monoisotopic (exact) mass is 184 g/mol. The second-order valence-electron chi connectivity index (χ2n) is 4.40. The van der Waals surface area contributed by atoms with Crippen molar-refractivity contribution < 1.29 is 9.47 Å². The molecular formula is C11H20O2. The highest BCUT2D eigenvalue weighted by atomic mass is 16.7. The van der Waals surface area contributed by atoms with Crippen molar-refractivity contribution in [2.75, 3.05) is 20.0 Å². The fourth-order valence-corrected chi connectivity index (χ4v) is 1.49. The van der Waals surface area contributed by atoms with Gasteiger partial charge in [-0.1, -0.05) is 25.7 Å². The number of ether oxygens (including phenoxy) is 2. The molecule has 2 aliphatic rings. The number of hydrogen-bond acceptors (Lipinski definition) is 2. The molecule has 0 aliphatic heterocycles. The molecule has 0 N–H and O–H groups in total. The third-order valence-corrected chi connectivity index (χ3v) is 2.90. The van der Waals surface area contributed by atoms with E-state index in [1.165, 1.54) is 38.5 Å². The molecule has 2 aliphatic carbocycles. The lowest BCUT2D eigenvalue weighted by Gasteiger charge is -2.04. The van der Waals surface area contributed by atoms with Crippen LogP contribution < -0.4 is 0 Å². The molecule has 0 bridgehead atoms. The van der Waals surface area contributed by atoms with Gasteiger partial charge in [0.05, 0.1) is 0 Å². The second kappa shape index (κ2) is 4.97. The highest BCUT2D eigenvalue weighted by Crippen LogP contribution is 2.32. The van der Waals surface area contributed by atoms with Crippen molar-refractivity contribution in [3.63, 3.8) is 0 Å². The quantitative estimate of drug-likeness (QED) is 0.426. The molecule has 2 heteroatoms. The molecule has 0 aromatic rings. The molecule has 76 valence electrons. The Morgan fingerprint density at radius 3 is 1.62 bits per heavy atom. The van der Waals surface area contributed by atoms with E-state index in [-0.39, 0.29) is 0 Å². The van der Waals surface area contributed by atoms with E-state index in [0.29, 0.717) is 6.79 Å². The lowest BCUT2D eigenvalue weighted by atomic mass is 10.3. The molecule has 0 heterocycles. The zero-order valence-corrected chi connectivity index (χ0v) is 8.34. The second-order valence-corrected chi connectivity index (χ2v) is 4.40. The molecule has 2 fully saturated rings. The van der Waals surface area contributed by atoms with Gasteiger partial charge in [0, 0.05) is 13.2 Å². The summed E-state index contributed by atoms with van der Waals surface area (Å²) in [4.78, 5) is 0. The van der Waals surface area contributed by atoms with E-state index in [4.69, 9.17) is 9.47 Å². The third-order valence-electron chi connectivity index (χ3n) is 2.90. The molecule has 0 unspecified atom stereocenters. The molecule has 0 radical (unpaired) electrons. The summed E-state index contributed by atoms with van der Waals surface area (Å²) in [6.45, 7) is 2.31. The molecule has 0 saturated heterocycles. The highest BCUT2D eigenvalue weighted by Gasteiger charge is 2.21. The van der Waals surface area contributed by atoms with E-state index in [9.17, 15) is 0 Å². The molecule has 2 nitrogen and oxygen atoms in total. The number of hydrogen-bond donors (Lipinski definition) is 0. The summed E-state index contributed by atoms with van der Waals surface area (Å²) >= 11 is 0. The number of rotatable bonds is 8. The predicted octanol–water partition coefficient (Wildman–Crippen LogP) is 2.58. The first kappa shape index (κ1) is 9.47. The largest absolute Gasteiger partial charge is 0.355 e. The Morgan fingerprint density at radius 1 is 0.769 bits per heavy atom. The van der Waals surface area contributed by atoms with Gasteiger partial charge < -0.3 is 9.47 Å². The van der Waals surface area contributed by atoms with Crippen LogP contribution in [-0.4, -0.2) is 20.0 Å². The van der Waals surface area contributed by atoms with Gasteiger partial charge >= 0.3 is 0 Å². The minimum atomic E-state index is 0.513. The van der Waals surface area contributed by atoms with Crippen LogP contribution in [0.1, 0.15) is 38.5 Å². The summed E-state index contributed by atoms with van der Waals surface area (Å²) in [6, 6.07) is 0. The Kier molecular flexibility index (Phi) is 3.62. The summed E-state index contributed by atoms with van der Waals surface area (Å²) in [5, 5.41) is 0. The van der Waals surface area contributed by atoms with Gasteiger partial charge in [-0.05, 0) is 24.7 Å². The minimum absolute atomic E-state index is 0.513. The van der Waals surface area contributed by atoms with Crippen molar-refractivity contribution in [2.24, 2.45) is 11.8 Å². The summed E-state index contributed by atoms with van der Waals surface area (Å²) in [6.07, 6.45) is 8.17. The maximum atomic E-state index is 5.36. The SMILES string of the molecule is C(CC1CC1)OCOCCC1CC1. The Morgan fingerprint density at radius 2 is 1.23 bits per heavy atom. The minimum Gasteiger partial charge on any atom is -0.355 e. The van der Waals surface area contributed by atoms with Gasteiger partial charge in [-0.15, -0.1) is 0 Å². The van der Waals surface area contributed by atoms with Gasteiger partial charge in [0.15, 0.2) is 0 Å². The van der Waals surface area contributed by atoms with Gasteiger partial charge in [0.2, 0.25) is 0 Å². The van der Waals surface area contributed by atoms with E-state index in [0.717, 1.165) is 25.0 Å². The molecule has 0 aromatic carbocycles. The lowest BCUT2D eigenvalue weighted by Crippen LogP contribution is -2.03. The molecule has 0 spiro atoms. The zero-order valence-electron chi connectivity index (χ0n) is 8.34. The summed E-state index contributed by atoms with van der Waals surface area (Å²) in [5.74, 6) is 1.96. The van der Waals surface area contributed by atoms with Gasteiger partial charge in [-0.3, -0.25) is 0 Å². The zero-order chi connectivity index (χ0) is 8.93. The maximum absolute atomic E-state index is 5.36. The third kappa shape index (κ3) is 4.63. The first-order chi connectivity index (χ1) is 6.45. The summed E-state index contributed by atoms with van der Waals surface area (Å²) < 4.78 is 10.7. The van der Waals surface area contributed by atoms with Crippen LogP contribution in [-0.2, 0) is 9.47 Å². The van der Waals surface area contributed by atoms with Crippen LogP contribution in [0.15, 0.2) is 0 Å². The van der Waals surface area contributed by atoms with E-state index >= 15 is 0 Å². The van der Waals surface area contributed by atoms with Gasteiger partial charge in [-0.2, -0.15) is 0 Å². The average molecular weight is 184 g/mol. The van der Waals surface area contributed by atoms with Gasteiger partial charge in [-0.25, -0.2) is 0 Å². The van der Waals surface area contributed by atoms with E-state index < -0.39 is 0 Å². The fraction of sp³-hybridized carbons (Fsp3) is 1.00. The molecule has 13 heavy (non-hydrogen) atoms. The summed E-state index contributed by atoms with van der Waals surface area (Å²) in [7, 11) is 0. The van der Waals surface area contributed by atoms with Gasteiger partial charge in [0.25, 0.3) is 0 Å². The Bertz CT molecular complexity index is 123. The van der Waals surface area contributed by atoms with Crippen LogP contribution in [0.5, 0.6) is 0 Å². The standard InChI is InChI=1S/C11H20O2/c1-2-10(1)5-7-12-9-13-8-6-11-3-4-11/h10-11H,1-9H2. The van der Waals surface area contributed by atoms with Crippen LogP contribution in [0.2, 0.25) is 0 Å². The van der Waals surface area contributed by atoms with Crippen molar-refractivity contribution in [3.8, 4) is 0 Å². The van der Waals surface area contributed by atoms with Crippen LogP contribution in [0, 0.1) is 11.8 Å². The molecule has 2 rings (SSSR count). The fourth-order valence-electron chi connectivity index (χ4n) is 1.49. The molecular weight excluding hydrogens is 164 g/mol. The van der Waals surface area contributed by atoms with Crippen molar-refractivity contribution in [3.05, 3.63) is 0 Å². The molecule has 0 aromatic heterocycles. The van der Waals surface area contributed by atoms with Crippen molar-refractivity contribution in [1.82, 2.24) is 0 Å². The smallest absolute Gasteiger partial charge is 0.146 e. The van der Waals surface area contributed by atoms with Crippen molar-refractivity contribution in [2.45, 2.75) is 38.5 Å². The van der Waals surface area contributed by atoms with Crippen LogP contribution in [0.3, 0.4) is 0 Å². The van der Waals surface area contributed by atoms with Crippen molar-refractivity contribution >= 4 is 0 Å². The Labute approximate surface area is 80.6 Å². The van der Waals surface area contributed by atoms with Crippen LogP contribution in [0.4, 0.5) is 0 Å². The molecule has 0 amide bonds. The van der Waals surface area contributed by atoms with E-state index in [1.54, 1.807) is 0 Å². The first-order valence-electron chi connectivity index (χ1n) is 5.60. The Hall–Kier alpha value is -0.0800. The van der Waals surface area contributed by atoms with Crippen LogP contribution >= 0.6 is 0 Å². The normalized spacial score (nSPS) is 22.2. The first-order valence-corrected chi connectivity index (χ1v) is 5.60. The average Bonchev–Trinajstić information content (AvgIpc) is 2.99. The summed E-state index contributed by atoms with van der Waals surface area (Å²) in [5.41, 5.74) is 0. The van der Waals surface area contributed by atoms with E-state index in [1.807, 2.05) is 0 Å².